The monoisotopic (exact) mass is 351 g/mol. The first-order valence-electron chi connectivity index (χ1n) is 4.43. The van der Waals surface area contributed by atoms with Crippen LogP contribution in [0.4, 0.5) is 0 Å². The second kappa shape index (κ2) is 4.73. The molecule has 0 aliphatic carbocycles. The number of aromatic hydroxyl groups is 1. The molecule has 88 valence electrons. The molecule has 16 heavy (non-hydrogen) atoms. The van der Waals surface area contributed by atoms with Crippen molar-refractivity contribution in [3.63, 3.8) is 0 Å². The summed E-state index contributed by atoms with van der Waals surface area (Å²) in [5.74, 6) is -0.981. The van der Waals surface area contributed by atoms with Crippen LogP contribution < -0.4 is 5.73 Å². The van der Waals surface area contributed by atoms with E-state index in [9.17, 15) is 9.90 Å². The molecule has 0 aromatic heterocycles. The molecule has 0 saturated carbocycles. The number of hydrogen-bond donors (Lipinski definition) is 3. The molecule has 1 atom stereocenters. The minimum atomic E-state index is -1.32. The number of aliphatic carboxylic acids is 1. The normalized spacial score (nSPS) is 14.5. The van der Waals surface area contributed by atoms with Crippen LogP contribution in [0.15, 0.2) is 21.1 Å². The summed E-state index contributed by atoms with van der Waals surface area (Å²) in [6.07, 6.45) is 0.180. The van der Waals surface area contributed by atoms with Crippen LogP contribution in [-0.2, 0) is 11.2 Å². The van der Waals surface area contributed by atoms with Crippen molar-refractivity contribution in [2.45, 2.75) is 18.9 Å². The topological polar surface area (TPSA) is 83.5 Å². The SMILES string of the molecule is CC(N)(Cc1cc(Br)c(O)c(Br)c1)C(=O)O. The summed E-state index contributed by atoms with van der Waals surface area (Å²) < 4.78 is 0.996. The molecule has 0 amide bonds. The summed E-state index contributed by atoms with van der Waals surface area (Å²) in [7, 11) is 0. The second-order valence-electron chi connectivity index (χ2n) is 3.81. The number of halogens is 2. The van der Waals surface area contributed by atoms with Gasteiger partial charge in [0.15, 0.2) is 0 Å². The van der Waals surface area contributed by atoms with Gasteiger partial charge in [-0.2, -0.15) is 0 Å². The van der Waals surface area contributed by atoms with Gasteiger partial charge in [-0.1, -0.05) is 0 Å². The van der Waals surface area contributed by atoms with Gasteiger partial charge in [-0.15, -0.1) is 0 Å². The summed E-state index contributed by atoms with van der Waals surface area (Å²) in [6, 6.07) is 3.29. The molecule has 4 N–H and O–H groups in total. The zero-order valence-corrected chi connectivity index (χ0v) is 11.7. The molecule has 0 aliphatic rings. The van der Waals surface area contributed by atoms with Crippen LogP contribution in [0.2, 0.25) is 0 Å². The van der Waals surface area contributed by atoms with E-state index >= 15 is 0 Å². The molecule has 0 aliphatic heterocycles. The molecule has 0 saturated heterocycles. The molecule has 0 fully saturated rings. The Kier molecular flexibility index (Phi) is 3.98. The highest BCUT2D eigenvalue weighted by Crippen LogP contribution is 2.34. The predicted molar refractivity (Wildman–Crippen MR) is 67.4 cm³/mol. The van der Waals surface area contributed by atoms with Gasteiger partial charge in [0.2, 0.25) is 0 Å². The van der Waals surface area contributed by atoms with Gasteiger partial charge in [0.1, 0.15) is 11.3 Å². The number of rotatable bonds is 3. The van der Waals surface area contributed by atoms with Gasteiger partial charge in [0, 0.05) is 6.42 Å². The van der Waals surface area contributed by atoms with Crippen LogP contribution >= 0.6 is 31.9 Å². The van der Waals surface area contributed by atoms with Crippen molar-refractivity contribution in [3.8, 4) is 5.75 Å². The lowest BCUT2D eigenvalue weighted by atomic mass is 9.94. The van der Waals surface area contributed by atoms with Crippen LogP contribution in [0.1, 0.15) is 12.5 Å². The molecular formula is C10H11Br2NO3. The summed E-state index contributed by atoms with van der Waals surface area (Å²) in [4.78, 5) is 10.9. The number of nitrogens with two attached hydrogens (primary N) is 1. The van der Waals surface area contributed by atoms with Gasteiger partial charge in [0.05, 0.1) is 8.95 Å². The highest BCUT2D eigenvalue weighted by molar-refractivity contribution is 9.11. The first kappa shape index (κ1) is 13.5. The molecule has 6 heteroatoms. The number of benzene rings is 1. The molecule has 0 radical (unpaired) electrons. The van der Waals surface area contributed by atoms with Crippen molar-refractivity contribution in [1.82, 2.24) is 0 Å². The van der Waals surface area contributed by atoms with E-state index in [1.54, 1.807) is 12.1 Å². The maximum absolute atomic E-state index is 10.9. The van der Waals surface area contributed by atoms with E-state index in [4.69, 9.17) is 10.8 Å². The van der Waals surface area contributed by atoms with E-state index in [1.165, 1.54) is 6.92 Å². The number of carboxylic acids is 1. The first-order chi connectivity index (χ1) is 7.24. The number of phenolic OH excluding ortho intramolecular Hbond substituents is 1. The minimum Gasteiger partial charge on any atom is -0.506 e. The molecule has 0 heterocycles. The standard InChI is InChI=1S/C10H11Br2NO3/c1-10(13,9(15)16)4-5-2-6(11)8(14)7(12)3-5/h2-3,14H,4,13H2,1H3,(H,15,16). The van der Waals surface area contributed by atoms with E-state index in [1.807, 2.05) is 0 Å². The number of carboxylic acid groups (broad SMARTS) is 1. The summed E-state index contributed by atoms with van der Waals surface area (Å²) in [5.41, 5.74) is 5.04. The van der Waals surface area contributed by atoms with Crippen molar-refractivity contribution < 1.29 is 15.0 Å². The van der Waals surface area contributed by atoms with Crippen LogP contribution in [-0.4, -0.2) is 21.7 Å². The van der Waals surface area contributed by atoms with Crippen molar-refractivity contribution in [2.75, 3.05) is 0 Å². The smallest absolute Gasteiger partial charge is 0.323 e. The molecule has 0 spiro atoms. The maximum Gasteiger partial charge on any atom is 0.323 e. The number of phenols is 1. The first-order valence-corrected chi connectivity index (χ1v) is 6.02. The molecule has 4 nitrogen and oxygen atoms in total. The highest BCUT2D eigenvalue weighted by Gasteiger charge is 2.28. The van der Waals surface area contributed by atoms with Gasteiger partial charge in [-0.25, -0.2) is 0 Å². The lowest BCUT2D eigenvalue weighted by Crippen LogP contribution is -2.46. The number of hydrogen-bond acceptors (Lipinski definition) is 3. The Morgan fingerprint density at radius 3 is 2.25 bits per heavy atom. The zero-order chi connectivity index (χ0) is 12.5. The Morgan fingerprint density at radius 2 is 1.88 bits per heavy atom. The van der Waals surface area contributed by atoms with E-state index in [2.05, 4.69) is 31.9 Å². The van der Waals surface area contributed by atoms with Gasteiger partial charge in [-0.05, 0) is 56.5 Å². The Bertz CT molecular complexity index is 409. The third kappa shape index (κ3) is 2.96. The van der Waals surface area contributed by atoms with Gasteiger partial charge in [-0.3, -0.25) is 4.79 Å². The zero-order valence-electron chi connectivity index (χ0n) is 8.50. The molecular weight excluding hydrogens is 342 g/mol. The summed E-state index contributed by atoms with van der Waals surface area (Å²) >= 11 is 6.35. The molecule has 1 aromatic carbocycles. The lowest BCUT2D eigenvalue weighted by Gasteiger charge is -2.19. The molecule has 1 aromatic rings. The fourth-order valence-corrected chi connectivity index (χ4v) is 2.50. The summed E-state index contributed by atoms with van der Waals surface area (Å²) in [6.45, 7) is 1.45. The Balaban J connectivity index is 3.04. The van der Waals surface area contributed by atoms with Crippen molar-refractivity contribution >= 4 is 37.8 Å². The third-order valence-corrected chi connectivity index (χ3v) is 3.35. The van der Waals surface area contributed by atoms with Crippen molar-refractivity contribution in [3.05, 3.63) is 26.6 Å². The van der Waals surface area contributed by atoms with Crippen molar-refractivity contribution in [1.29, 1.82) is 0 Å². The van der Waals surface area contributed by atoms with E-state index < -0.39 is 11.5 Å². The maximum atomic E-state index is 10.9. The third-order valence-electron chi connectivity index (χ3n) is 2.14. The molecule has 1 rings (SSSR count). The van der Waals surface area contributed by atoms with Gasteiger partial charge >= 0.3 is 5.97 Å². The van der Waals surface area contributed by atoms with Crippen molar-refractivity contribution in [2.24, 2.45) is 5.73 Å². The van der Waals surface area contributed by atoms with Crippen LogP contribution in [0, 0.1) is 0 Å². The van der Waals surface area contributed by atoms with Gasteiger partial charge < -0.3 is 15.9 Å². The van der Waals surface area contributed by atoms with Crippen LogP contribution in [0.3, 0.4) is 0 Å². The Labute approximate surface area is 110 Å². The van der Waals surface area contributed by atoms with Crippen LogP contribution in [0.5, 0.6) is 5.75 Å². The Morgan fingerprint density at radius 1 is 1.44 bits per heavy atom. The minimum absolute atomic E-state index is 0.0813. The van der Waals surface area contributed by atoms with E-state index in [0.717, 1.165) is 5.56 Å². The Hall–Kier alpha value is -0.590. The predicted octanol–water partition coefficient (Wildman–Crippen LogP) is 2.26. The fourth-order valence-electron chi connectivity index (χ4n) is 1.22. The quantitative estimate of drug-likeness (QED) is 0.779. The molecule has 1 unspecified atom stereocenters. The van der Waals surface area contributed by atoms with Gasteiger partial charge in [0.25, 0.3) is 0 Å². The fraction of sp³-hybridized carbons (Fsp3) is 0.300. The average molecular weight is 353 g/mol. The lowest BCUT2D eigenvalue weighted by molar-refractivity contribution is -0.142. The van der Waals surface area contributed by atoms with E-state index in [-0.39, 0.29) is 12.2 Å². The van der Waals surface area contributed by atoms with E-state index in [0.29, 0.717) is 8.95 Å². The molecule has 0 bridgehead atoms. The largest absolute Gasteiger partial charge is 0.506 e. The highest BCUT2D eigenvalue weighted by atomic mass is 79.9. The number of carbonyl (C=O) groups is 1. The second-order valence-corrected chi connectivity index (χ2v) is 5.52. The summed E-state index contributed by atoms with van der Waals surface area (Å²) in [5, 5.41) is 18.4. The average Bonchev–Trinajstić information content (AvgIpc) is 2.13. The van der Waals surface area contributed by atoms with Crippen LogP contribution in [0.25, 0.3) is 0 Å².